The van der Waals surface area contributed by atoms with E-state index in [1.165, 1.54) is 5.56 Å². The Morgan fingerprint density at radius 3 is 2.07 bits per heavy atom. The number of para-hydroxylation sites is 1. The van der Waals surface area contributed by atoms with Gasteiger partial charge in [0.1, 0.15) is 5.75 Å². The molecular formula is C25H22N4O. The predicted octanol–water partition coefficient (Wildman–Crippen LogP) is 6.16. The van der Waals surface area contributed by atoms with Crippen LogP contribution in [0, 0.1) is 6.57 Å². The molecule has 0 fully saturated rings. The van der Waals surface area contributed by atoms with Crippen molar-refractivity contribution in [2.45, 2.75) is 26.2 Å². The lowest BCUT2D eigenvalue weighted by molar-refractivity contribution is 0.476. The maximum Gasteiger partial charge on any atom is 0.187 e. The lowest BCUT2D eigenvalue weighted by Gasteiger charge is -2.20. The second kappa shape index (κ2) is 7.49. The molecule has 0 saturated carbocycles. The maximum absolute atomic E-state index is 10.4. The van der Waals surface area contributed by atoms with Gasteiger partial charge in [0, 0.05) is 11.3 Å². The van der Waals surface area contributed by atoms with Gasteiger partial charge in [0.25, 0.3) is 0 Å². The van der Waals surface area contributed by atoms with Gasteiger partial charge in [-0.3, -0.25) is 4.57 Å². The Bertz CT molecular complexity index is 1220. The first-order valence-electron chi connectivity index (χ1n) is 9.71. The van der Waals surface area contributed by atoms with Crippen LogP contribution in [0.5, 0.6) is 5.75 Å². The van der Waals surface area contributed by atoms with Gasteiger partial charge in [0.15, 0.2) is 17.3 Å². The third-order valence-electron chi connectivity index (χ3n) is 5.05. The Morgan fingerprint density at radius 2 is 1.47 bits per heavy atom. The molecule has 0 atom stereocenters. The van der Waals surface area contributed by atoms with Crippen molar-refractivity contribution in [3.05, 3.63) is 89.8 Å². The number of phenols is 1. The summed E-state index contributed by atoms with van der Waals surface area (Å²) in [4.78, 5) is 3.46. The molecule has 30 heavy (non-hydrogen) atoms. The summed E-state index contributed by atoms with van der Waals surface area (Å²) in [5.74, 6) is 1.35. The number of aromatic hydroxyl groups is 1. The van der Waals surface area contributed by atoms with E-state index >= 15 is 0 Å². The zero-order valence-electron chi connectivity index (χ0n) is 17.2. The number of rotatable bonds is 3. The van der Waals surface area contributed by atoms with Gasteiger partial charge >= 0.3 is 0 Å². The minimum Gasteiger partial charge on any atom is -0.507 e. The molecule has 5 nitrogen and oxygen atoms in total. The third kappa shape index (κ3) is 3.56. The second-order valence-corrected chi connectivity index (χ2v) is 8.16. The number of hydrogen-bond donors (Lipinski definition) is 1. The van der Waals surface area contributed by atoms with Gasteiger partial charge in [0.2, 0.25) is 0 Å². The summed E-state index contributed by atoms with van der Waals surface area (Å²) in [7, 11) is 0. The van der Waals surface area contributed by atoms with Gasteiger partial charge < -0.3 is 5.11 Å². The molecule has 0 amide bonds. The quantitative estimate of drug-likeness (QED) is 0.424. The maximum atomic E-state index is 10.4. The molecule has 0 aliphatic rings. The van der Waals surface area contributed by atoms with Crippen LogP contribution in [0.3, 0.4) is 0 Å². The fourth-order valence-corrected chi connectivity index (χ4v) is 3.35. The van der Waals surface area contributed by atoms with E-state index in [1.807, 2.05) is 41.0 Å². The zero-order chi connectivity index (χ0) is 21.3. The van der Waals surface area contributed by atoms with Gasteiger partial charge in [-0.2, -0.15) is 0 Å². The van der Waals surface area contributed by atoms with Crippen LogP contribution in [0.15, 0.2) is 72.8 Å². The van der Waals surface area contributed by atoms with Crippen LogP contribution in [-0.4, -0.2) is 19.9 Å². The Balaban J connectivity index is 1.92. The summed E-state index contributed by atoms with van der Waals surface area (Å²) in [6, 6.07) is 22.7. The van der Waals surface area contributed by atoms with E-state index in [1.54, 1.807) is 24.3 Å². The SMILES string of the molecule is [C-]#[N+]c1ccc(-c2nnc(-c3ccccc3O)n2-c2ccc(C(C)(C)C)cc2)cc1. The van der Waals surface area contributed by atoms with E-state index in [-0.39, 0.29) is 11.2 Å². The number of aromatic nitrogens is 3. The third-order valence-corrected chi connectivity index (χ3v) is 5.05. The zero-order valence-corrected chi connectivity index (χ0v) is 17.2. The highest BCUT2D eigenvalue weighted by molar-refractivity contribution is 5.71. The normalized spacial score (nSPS) is 11.3. The average molecular weight is 394 g/mol. The van der Waals surface area contributed by atoms with E-state index in [4.69, 9.17) is 6.57 Å². The molecule has 3 aromatic carbocycles. The Kier molecular flexibility index (Phi) is 4.85. The molecule has 1 N–H and O–H groups in total. The number of benzene rings is 3. The van der Waals surface area contributed by atoms with Crippen molar-refractivity contribution in [2.24, 2.45) is 0 Å². The minimum absolute atomic E-state index is 0.0463. The van der Waals surface area contributed by atoms with E-state index in [0.717, 1.165) is 11.3 Å². The highest BCUT2D eigenvalue weighted by Gasteiger charge is 2.20. The number of hydrogen-bond acceptors (Lipinski definition) is 3. The van der Waals surface area contributed by atoms with Crippen LogP contribution in [0.1, 0.15) is 26.3 Å². The smallest absolute Gasteiger partial charge is 0.187 e. The Labute approximate surface area is 176 Å². The lowest BCUT2D eigenvalue weighted by Crippen LogP contribution is -2.11. The minimum atomic E-state index is 0.0463. The van der Waals surface area contributed by atoms with Crippen LogP contribution in [0.25, 0.3) is 33.3 Å². The second-order valence-electron chi connectivity index (χ2n) is 8.16. The van der Waals surface area contributed by atoms with Crippen molar-refractivity contribution in [2.75, 3.05) is 0 Å². The summed E-state index contributed by atoms with van der Waals surface area (Å²) in [5, 5.41) is 19.3. The van der Waals surface area contributed by atoms with Gasteiger partial charge in [-0.1, -0.05) is 69.3 Å². The van der Waals surface area contributed by atoms with Crippen molar-refractivity contribution in [3.8, 4) is 34.2 Å². The monoisotopic (exact) mass is 394 g/mol. The predicted molar refractivity (Wildman–Crippen MR) is 119 cm³/mol. The number of nitrogens with zero attached hydrogens (tertiary/aromatic N) is 4. The molecule has 4 rings (SSSR count). The summed E-state index contributed by atoms with van der Waals surface area (Å²) >= 11 is 0. The van der Waals surface area contributed by atoms with Gasteiger partial charge in [-0.15, -0.1) is 10.2 Å². The molecule has 0 unspecified atom stereocenters. The highest BCUT2D eigenvalue weighted by Crippen LogP contribution is 2.34. The van der Waals surface area contributed by atoms with Crippen LogP contribution < -0.4 is 0 Å². The molecule has 0 aliphatic carbocycles. The fraction of sp³-hybridized carbons (Fsp3) is 0.160. The average Bonchev–Trinajstić information content (AvgIpc) is 3.18. The molecule has 4 aromatic rings. The van der Waals surface area contributed by atoms with Gasteiger partial charge in [-0.05, 0) is 35.2 Å². The van der Waals surface area contributed by atoms with E-state index < -0.39 is 0 Å². The fourth-order valence-electron chi connectivity index (χ4n) is 3.35. The van der Waals surface area contributed by atoms with Crippen molar-refractivity contribution < 1.29 is 5.11 Å². The molecular weight excluding hydrogens is 372 g/mol. The van der Waals surface area contributed by atoms with Gasteiger partial charge in [-0.25, -0.2) is 4.85 Å². The van der Waals surface area contributed by atoms with Crippen LogP contribution in [0.4, 0.5) is 5.69 Å². The molecule has 0 bridgehead atoms. The van der Waals surface area contributed by atoms with Crippen molar-refractivity contribution in [1.29, 1.82) is 0 Å². The topological polar surface area (TPSA) is 55.3 Å². The molecule has 1 aromatic heterocycles. The van der Waals surface area contributed by atoms with Crippen LogP contribution >= 0.6 is 0 Å². The van der Waals surface area contributed by atoms with Gasteiger partial charge in [0.05, 0.1) is 12.1 Å². The summed E-state index contributed by atoms with van der Waals surface area (Å²) in [5.41, 5.74) is 4.19. The van der Waals surface area contributed by atoms with E-state index in [2.05, 4.69) is 47.9 Å². The molecule has 0 spiro atoms. The number of phenolic OH excluding ortho intramolecular Hbond substituents is 1. The Morgan fingerprint density at radius 1 is 0.833 bits per heavy atom. The first-order valence-corrected chi connectivity index (χ1v) is 9.71. The first kappa shape index (κ1) is 19.4. The lowest BCUT2D eigenvalue weighted by atomic mass is 9.87. The largest absolute Gasteiger partial charge is 0.507 e. The first-order chi connectivity index (χ1) is 14.4. The molecule has 148 valence electrons. The highest BCUT2D eigenvalue weighted by atomic mass is 16.3. The summed E-state index contributed by atoms with van der Waals surface area (Å²) in [6.07, 6.45) is 0. The van der Waals surface area contributed by atoms with E-state index in [0.29, 0.717) is 22.9 Å². The standard InChI is InChI=1S/C25H22N4O/c1-25(2,3)18-11-15-20(16-12-18)29-23(17-9-13-19(26-4)14-10-17)27-28-24(29)21-7-5-6-8-22(21)30/h5-16,30H,1-3H3. The summed E-state index contributed by atoms with van der Waals surface area (Å²) in [6.45, 7) is 13.7. The molecule has 0 aliphatic heterocycles. The molecule has 0 saturated heterocycles. The van der Waals surface area contributed by atoms with Crippen LogP contribution in [0.2, 0.25) is 0 Å². The Hall–Kier alpha value is -3.91. The molecule has 0 radical (unpaired) electrons. The van der Waals surface area contributed by atoms with Crippen LogP contribution in [-0.2, 0) is 5.41 Å². The van der Waals surface area contributed by atoms with Crippen molar-refractivity contribution >= 4 is 5.69 Å². The molecule has 1 heterocycles. The molecule has 5 heteroatoms. The van der Waals surface area contributed by atoms with E-state index in [9.17, 15) is 5.11 Å². The van der Waals surface area contributed by atoms with Crippen molar-refractivity contribution in [1.82, 2.24) is 14.8 Å². The summed E-state index contributed by atoms with van der Waals surface area (Å²) < 4.78 is 1.94. The van der Waals surface area contributed by atoms with Crippen molar-refractivity contribution in [3.63, 3.8) is 0 Å².